The molecule has 0 aliphatic rings. The molecule has 0 aliphatic carbocycles. The SMILES string of the molecule is O=C(NCc1ccc(F)c(F)c1F)C(F)(F)F. The van der Waals surface area contributed by atoms with E-state index in [2.05, 4.69) is 0 Å². The third kappa shape index (κ3) is 3.11. The zero-order valence-corrected chi connectivity index (χ0v) is 8.04. The van der Waals surface area contributed by atoms with Crippen LogP contribution < -0.4 is 5.32 Å². The molecular weight excluding hydrogens is 252 g/mol. The summed E-state index contributed by atoms with van der Waals surface area (Å²) in [5, 5.41) is 1.33. The maximum atomic E-state index is 13.0. The highest BCUT2D eigenvalue weighted by molar-refractivity contribution is 5.81. The number of hydrogen-bond acceptors (Lipinski definition) is 1. The first-order valence-electron chi connectivity index (χ1n) is 4.21. The summed E-state index contributed by atoms with van der Waals surface area (Å²) in [4.78, 5) is 10.4. The number of nitrogens with one attached hydrogen (secondary N) is 1. The van der Waals surface area contributed by atoms with Gasteiger partial charge in [-0.3, -0.25) is 4.79 Å². The molecule has 1 aromatic rings. The van der Waals surface area contributed by atoms with Crippen LogP contribution in [0.3, 0.4) is 0 Å². The summed E-state index contributed by atoms with van der Waals surface area (Å²) in [5.74, 6) is -7.19. The fourth-order valence-corrected chi connectivity index (χ4v) is 0.978. The van der Waals surface area contributed by atoms with Crippen molar-refractivity contribution < 1.29 is 31.1 Å². The molecule has 0 bridgehead atoms. The fraction of sp³-hybridized carbons (Fsp3) is 0.222. The van der Waals surface area contributed by atoms with Gasteiger partial charge in [0.05, 0.1) is 0 Å². The van der Waals surface area contributed by atoms with E-state index in [-0.39, 0.29) is 0 Å². The standard InChI is InChI=1S/C9H5F6NO/c10-5-2-1-4(6(11)7(5)12)3-16-8(17)9(13,14)15/h1-2H,3H2,(H,16,17). The minimum Gasteiger partial charge on any atom is -0.344 e. The minimum atomic E-state index is -5.12. The zero-order chi connectivity index (χ0) is 13.2. The van der Waals surface area contributed by atoms with Crippen molar-refractivity contribution in [1.82, 2.24) is 5.32 Å². The number of rotatable bonds is 2. The smallest absolute Gasteiger partial charge is 0.344 e. The van der Waals surface area contributed by atoms with Crippen molar-refractivity contribution in [2.45, 2.75) is 12.7 Å². The van der Waals surface area contributed by atoms with E-state index in [1.165, 1.54) is 5.32 Å². The van der Waals surface area contributed by atoms with Crippen LogP contribution in [0.2, 0.25) is 0 Å². The molecule has 0 spiro atoms. The summed E-state index contributed by atoms with van der Waals surface area (Å²) in [5.41, 5.74) is -0.582. The fourth-order valence-electron chi connectivity index (χ4n) is 0.978. The molecule has 0 unspecified atom stereocenters. The van der Waals surface area contributed by atoms with Crippen LogP contribution in [0.15, 0.2) is 12.1 Å². The molecular formula is C9H5F6NO. The molecule has 17 heavy (non-hydrogen) atoms. The lowest BCUT2D eigenvalue weighted by molar-refractivity contribution is -0.173. The van der Waals surface area contributed by atoms with Gasteiger partial charge in [-0.15, -0.1) is 0 Å². The molecule has 1 N–H and O–H groups in total. The molecule has 1 aromatic carbocycles. The summed E-state index contributed by atoms with van der Waals surface area (Å²) in [6.07, 6.45) is -5.12. The molecule has 8 heteroatoms. The van der Waals surface area contributed by atoms with Crippen LogP contribution in [0.25, 0.3) is 0 Å². The minimum absolute atomic E-state index is 0.549. The maximum absolute atomic E-state index is 13.0. The van der Waals surface area contributed by atoms with Gasteiger partial charge in [0.25, 0.3) is 0 Å². The number of benzene rings is 1. The van der Waals surface area contributed by atoms with E-state index in [9.17, 15) is 31.1 Å². The van der Waals surface area contributed by atoms with Gasteiger partial charge in [-0.2, -0.15) is 13.2 Å². The zero-order valence-electron chi connectivity index (χ0n) is 8.04. The number of hydrogen-bond donors (Lipinski definition) is 1. The van der Waals surface area contributed by atoms with E-state index in [4.69, 9.17) is 0 Å². The second-order valence-corrected chi connectivity index (χ2v) is 3.01. The van der Waals surface area contributed by atoms with E-state index in [1.807, 2.05) is 0 Å². The highest BCUT2D eigenvalue weighted by Crippen LogP contribution is 2.17. The van der Waals surface area contributed by atoms with Crippen LogP contribution in [-0.2, 0) is 11.3 Å². The predicted molar refractivity (Wildman–Crippen MR) is 44.2 cm³/mol. The quantitative estimate of drug-likeness (QED) is 0.639. The van der Waals surface area contributed by atoms with E-state index in [1.54, 1.807) is 0 Å². The lowest BCUT2D eigenvalue weighted by Gasteiger charge is -2.08. The third-order valence-electron chi connectivity index (χ3n) is 1.81. The molecule has 0 atom stereocenters. The van der Waals surface area contributed by atoms with E-state index >= 15 is 0 Å². The number of carbonyl (C=O) groups is 1. The first-order valence-corrected chi connectivity index (χ1v) is 4.21. The molecule has 94 valence electrons. The normalized spacial score (nSPS) is 11.4. The number of alkyl halides is 3. The van der Waals surface area contributed by atoms with E-state index in [0.717, 1.165) is 6.07 Å². The van der Waals surface area contributed by atoms with Gasteiger partial charge in [0.15, 0.2) is 17.5 Å². The molecule has 0 aliphatic heterocycles. The molecule has 1 rings (SSSR count). The van der Waals surface area contributed by atoms with Crippen molar-refractivity contribution >= 4 is 5.91 Å². The first kappa shape index (κ1) is 13.3. The number of amides is 1. The molecule has 0 saturated heterocycles. The highest BCUT2D eigenvalue weighted by atomic mass is 19.4. The third-order valence-corrected chi connectivity index (χ3v) is 1.81. The molecule has 2 nitrogen and oxygen atoms in total. The van der Waals surface area contributed by atoms with Crippen LogP contribution in [0.4, 0.5) is 26.3 Å². The molecule has 0 radical (unpaired) electrons. The van der Waals surface area contributed by atoms with Gasteiger partial charge in [-0.25, -0.2) is 13.2 Å². The van der Waals surface area contributed by atoms with Crippen molar-refractivity contribution in [2.24, 2.45) is 0 Å². The lowest BCUT2D eigenvalue weighted by atomic mass is 10.2. The van der Waals surface area contributed by atoms with Crippen molar-refractivity contribution in [2.75, 3.05) is 0 Å². The summed E-state index contributed by atoms with van der Waals surface area (Å²) >= 11 is 0. The monoisotopic (exact) mass is 257 g/mol. The van der Waals surface area contributed by atoms with Crippen LogP contribution in [0.1, 0.15) is 5.56 Å². The Labute approximate surface area is 91.2 Å². The average molecular weight is 257 g/mol. The largest absolute Gasteiger partial charge is 0.471 e. The Kier molecular flexibility index (Phi) is 3.64. The highest BCUT2D eigenvalue weighted by Gasteiger charge is 2.38. The molecule has 0 saturated carbocycles. The Morgan fingerprint density at radius 3 is 2.24 bits per heavy atom. The summed E-state index contributed by atoms with van der Waals surface area (Å²) in [6.45, 7) is -0.888. The van der Waals surface area contributed by atoms with Gasteiger partial charge in [0.2, 0.25) is 0 Å². The van der Waals surface area contributed by atoms with Crippen LogP contribution in [0.5, 0.6) is 0 Å². The Bertz CT molecular complexity index is 442. The van der Waals surface area contributed by atoms with E-state index < -0.39 is 41.6 Å². The summed E-state index contributed by atoms with van der Waals surface area (Å²) in [7, 11) is 0. The first-order chi connectivity index (χ1) is 7.73. The second-order valence-electron chi connectivity index (χ2n) is 3.01. The maximum Gasteiger partial charge on any atom is 0.471 e. The van der Waals surface area contributed by atoms with Crippen LogP contribution in [-0.4, -0.2) is 12.1 Å². The summed E-state index contributed by atoms with van der Waals surface area (Å²) < 4.78 is 73.4. The van der Waals surface area contributed by atoms with Crippen molar-refractivity contribution in [3.05, 3.63) is 35.1 Å². The Morgan fingerprint density at radius 1 is 1.12 bits per heavy atom. The van der Waals surface area contributed by atoms with Crippen molar-refractivity contribution in [1.29, 1.82) is 0 Å². The van der Waals surface area contributed by atoms with Gasteiger partial charge >= 0.3 is 12.1 Å². The summed E-state index contributed by atoms with van der Waals surface area (Å²) in [6, 6.07) is 1.29. The predicted octanol–water partition coefficient (Wildman–Crippen LogP) is 2.28. The molecule has 0 heterocycles. The molecule has 1 amide bonds. The molecule has 0 aromatic heterocycles. The van der Waals surface area contributed by atoms with Crippen LogP contribution in [0, 0.1) is 17.5 Å². The lowest BCUT2D eigenvalue weighted by Crippen LogP contribution is -2.36. The second kappa shape index (κ2) is 4.64. The van der Waals surface area contributed by atoms with Gasteiger partial charge in [0, 0.05) is 12.1 Å². The number of carbonyl (C=O) groups excluding carboxylic acids is 1. The Morgan fingerprint density at radius 2 is 1.71 bits per heavy atom. The average Bonchev–Trinajstić information content (AvgIpc) is 2.23. The van der Waals surface area contributed by atoms with Crippen molar-refractivity contribution in [3.63, 3.8) is 0 Å². The number of halogens is 6. The topological polar surface area (TPSA) is 29.1 Å². The molecule has 0 fully saturated rings. The van der Waals surface area contributed by atoms with Gasteiger partial charge in [0.1, 0.15) is 0 Å². The van der Waals surface area contributed by atoms with E-state index in [0.29, 0.717) is 6.07 Å². The Hall–Kier alpha value is -1.73. The van der Waals surface area contributed by atoms with Crippen LogP contribution >= 0.6 is 0 Å². The van der Waals surface area contributed by atoms with Gasteiger partial charge in [-0.1, -0.05) is 6.07 Å². The van der Waals surface area contributed by atoms with Gasteiger partial charge in [-0.05, 0) is 6.07 Å². The van der Waals surface area contributed by atoms with Crippen molar-refractivity contribution in [3.8, 4) is 0 Å². The van der Waals surface area contributed by atoms with Gasteiger partial charge < -0.3 is 5.32 Å². The Balaban J connectivity index is 2.78.